The smallest absolute Gasteiger partial charge is 0.303 e. The Kier molecular flexibility index (Phi) is 45.2. The number of Topliss-reactive ketones (excluding diaryl/α,β-unsaturated/α-hetero) is 2. The molecule has 56 heavy (non-hydrogen) atoms. The van der Waals surface area contributed by atoms with E-state index in [0.29, 0.717) is 44.1 Å². The van der Waals surface area contributed by atoms with E-state index in [-0.39, 0.29) is 35.3 Å². The molecule has 0 aliphatic carbocycles. The first kappa shape index (κ1) is 57.0. The van der Waals surface area contributed by atoms with E-state index < -0.39 is 5.97 Å². The third-order valence-corrected chi connectivity index (χ3v) is 8.83. The fourth-order valence-corrected chi connectivity index (χ4v) is 5.32. The second kappa shape index (κ2) is 44.4. The van der Waals surface area contributed by atoms with Gasteiger partial charge in [0.25, 0.3) is 0 Å². The van der Waals surface area contributed by atoms with E-state index >= 15 is 0 Å². The van der Waals surface area contributed by atoms with E-state index in [0.717, 1.165) is 63.7 Å². The van der Waals surface area contributed by atoms with E-state index in [4.69, 9.17) is 5.11 Å². The van der Waals surface area contributed by atoms with Gasteiger partial charge in [-0.2, -0.15) is 0 Å². The first-order valence-electron chi connectivity index (χ1n) is 21.3. The molecule has 10 heteroatoms. The van der Waals surface area contributed by atoms with Gasteiger partial charge in [0.1, 0.15) is 5.78 Å². The lowest BCUT2D eigenvalue weighted by Gasteiger charge is -2.02. The Labute approximate surface area is 341 Å². The molecule has 0 aromatic carbocycles. The molecule has 0 radical (unpaired) electrons. The fourth-order valence-electron chi connectivity index (χ4n) is 5.32. The monoisotopic (exact) mass is 788 g/mol. The molecule has 10 nitrogen and oxygen atoms in total. The van der Waals surface area contributed by atoms with Crippen molar-refractivity contribution in [3.05, 3.63) is 47.6 Å². The van der Waals surface area contributed by atoms with Gasteiger partial charge in [0, 0.05) is 32.1 Å². The third kappa shape index (κ3) is 50.7. The average molecular weight is 788 g/mol. The summed E-state index contributed by atoms with van der Waals surface area (Å²) in [4.78, 5) is 66.6. The zero-order valence-corrected chi connectivity index (χ0v) is 36.5. The SMILES string of the molecule is CNCCCCCCCC(=O)/C=C/C(C)=C/C(C)=O.CNCCCCCCCC(=O)/C=C/C=C(\C)C(C)=O.CNCCCCCCCC(=O)CCCCC(=O)O. The van der Waals surface area contributed by atoms with Crippen molar-refractivity contribution in [3.63, 3.8) is 0 Å². The largest absolute Gasteiger partial charge is 0.481 e. The molecule has 322 valence electrons. The first-order chi connectivity index (χ1) is 26.8. The van der Waals surface area contributed by atoms with Crippen LogP contribution in [0.1, 0.15) is 169 Å². The molecule has 0 heterocycles. The van der Waals surface area contributed by atoms with Gasteiger partial charge < -0.3 is 21.1 Å². The number of allylic oxidation sites excluding steroid dienone is 8. The number of carboxylic acids is 1. The Balaban J connectivity index is -0.000000753. The molecule has 0 unspecified atom stereocenters. The number of unbranched alkanes of at least 4 members (excludes halogenated alkanes) is 13. The number of rotatable bonds is 35. The molecule has 0 aromatic heterocycles. The molecule has 0 rings (SSSR count). The molecular weight excluding hydrogens is 707 g/mol. The van der Waals surface area contributed by atoms with Crippen LogP contribution < -0.4 is 16.0 Å². The van der Waals surface area contributed by atoms with Crippen molar-refractivity contribution in [1.29, 1.82) is 0 Å². The summed E-state index contributed by atoms with van der Waals surface area (Å²) in [5.41, 5.74) is 1.50. The van der Waals surface area contributed by atoms with Crippen LogP contribution in [0.25, 0.3) is 0 Å². The number of carbonyl (C=O) groups excluding carboxylic acids is 5. The third-order valence-electron chi connectivity index (χ3n) is 8.83. The van der Waals surface area contributed by atoms with E-state index in [1.54, 1.807) is 37.3 Å². The Bertz CT molecular complexity index is 1170. The minimum Gasteiger partial charge on any atom is -0.481 e. The highest BCUT2D eigenvalue weighted by Gasteiger charge is 2.04. The molecule has 0 bridgehead atoms. The lowest BCUT2D eigenvalue weighted by Crippen LogP contribution is -2.06. The normalized spacial score (nSPS) is 11.6. The summed E-state index contributed by atoms with van der Waals surface area (Å²) >= 11 is 0. The van der Waals surface area contributed by atoms with Crippen LogP contribution in [0.3, 0.4) is 0 Å². The highest BCUT2D eigenvalue weighted by molar-refractivity contribution is 5.94. The van der Waals surface area contributed by atoms with Gasteiger partial charge in [0.2, 0.25) is 0 Å². The molecule has 0 spiro atoms. The molecule has 0 saturated heterocycles. The van der Waals surface area contributed by atoms with Gasteiger partial charge in [-0.1, -0.05) is 76.0 Å². The van der Waals surface area contributed by atoms with Crippen LogP contribution >= 0.6 is 0 Å². The highest BCUT2D eigenvalue weighted by atomic mass is 16.4. The maximum absolute atomic E-state index is 11.6. The number of aliphatic carboxylic acids is 1. The molecule has 0 fully saturated rings. The number of carboxylic acid groups (broad SMARTS) is 1. The Morgan fingerprint density at radius 3 is 1.25 bits per heavy atom. The number of carbonyl (C=O) groups is 6. The predicted octanol–water partition coefficient (Wildman–Crippen LogP) is 9.17. The number of ketones is 5. The summed E-state index contributed by atoms with van der Waals surface area (Å²) in [6.07, 6.45) is 30.9. The topological polar surface area (TPSA) is 159 Å². The maximum Gasteiger partial charge on any atom is 0.303 e. The van der Waals surface area contributed by atoms with Crippen LogP contribution in [0.15, 0.2) is 47.6 Å². The Morgan fingerprint density at radius 1 is 0.464 bits per heavy atom. The zero-order valence-electron chi connectivity index (χ0n) is 36.5. The van der Waals surface area contributed by atoms with Gasteiger partial charge in [-0.05, 0) is 149 Å². The van der Waals surface area contributed by atoms with Gasteiger partial charge >= 0.3 is 5.97 Å². The van der Waals surface area contributed by atoms with Crippen LogP contribution in [0.4, 0.5) is 0 Å². The van der Waals surface area contributed by atoms with Crippen molar-refractivity contribution in [2.45, 2.75) is 169 Å². The summed E-state index contributed by atoms with van der Waals surface area (Å²) in [5, 5.41) is 17.8. The van der Waals surface area contributed by atoms with Crippen LogP contribution in [0.2, 0.25) is 0 Å². The number of nitrogens with one attached hydrogen (secondary N) is 3. The Hall–Kier alpha value is -3.34. The molecule has 0 atom stereocenters. The van der Waals surface area contributed by atoms with Crippen molar-refractivity contribution in [3.8, 4) is 0 Å². The first-order valence-corrected chi connectivity index (χ1v) is 21.3. The lowest BCUT2D eigenvalue weighted by molar-refractivity contribution is -0.137. The van der Waals surface area contributed by atoms with Crippen LogP contribution in [0, 0.1) is 0 Å². The summed E-state index contributed by atoms with van der Waals surface area (Å²) < 4.78 is 0. The van der Waals surface area contributed by atoms with Crippen LogP contribution in [-0.4, -0.2) is 80.8 Å². The van der Waals surface area contributed by atoms with Crippen molar-refractivity contribution >= 4 is 34.9 Å². The second-order valence-corrected chi connectivity index (χ2v) is 14.5. The highest BCUT2D eigenvalue weighted by Crippen LogP contribution is 2.10. The van der Waals surface area contributed by atoms with Gasteiger partial charge in [-0.3, -0.25) is 28.8 Å². The maximum atomic E-state index is 11.6. The molecule has 0 aliphatic rings. The number of hydrogen-bond acceptors (Lipinski definition) is 9. The molecule has 4 N–H and O–H groups in total. The second-order valence-electron chi connectivity index (χ2n) is 14.5. The minimum absolute atomic E-state index is 0.0103. The lowest BCUT2D eigenvalue weighted by atomic mass is 10.0. The fraction of sp³-hybridized carbons (Fsp3) is 0.696. The standard InChI is InChI=1S/2C16H27NO2.C14H27NO3/c1-14(15(2)18)10-9-12-16(19)11-7-5-4-6-8-13-17-3;1-14(13-15(2)18)10-11-16(19)9-7-5-4-6-8-12-17-3;1-15-12-8-4-2-3-5-9-13(16)10-6-7-11-14(17)18/h9-10,12,17H,4-8,11,13H2,1-3H3;10-11,13,17H,4-9,12H2,1-3H3;15H,2-12H2,1H3,(H,17,18)/b12-9+,14-10+;11-10+,14-13+;. The van der Waals surface area contributed by atoms with Crippen LogP contribution in [0.5, 0.6) is 0 Å². The average Bonchev–Trinajstić information content (AvgIpc) is 3.14. The van der Waals surface area contributed by atoms with E-state index in [1.807, 2.05) is 28.1 Å². The predicted molar refractivity (Wildman–Crippen MR) is 233 cm³/mol. The van der Waals surface area contributed by atoms with Crippen molar-refractivity contribution in [1.82, 2.24) is 16.0 Å². The van der Waals surface area contributed by atoms with Crippen molar-refractivity contribution < 1.29 is 33.9 Å². The van der Waals surface area contributed by atoms with Crippen molar-refractivity contribution in [2.75, 3.05) is 40.8 Å². The van der Waals surface area contributed by atoms with Gasteiger partial charge in [-0.25, -0.2) is 0 Å². The molecule has 0 aromatic rings. The quantitative estimate of drug-likeness (QED) is 0.0277. The summed E-state index contributed by atoms with van der Waals surface area (Å²) in [5.74, 6) is -0.149. The Morgan fingerprint density at radius 2 is 0.839 bits per heavy atom. The minimum atomic E-state index is -0.774. The van der Waals surface area contributed by atoms with Gasteiger partial charge in [-0.15, -0.1) is 0 Å². The molecule has 0 aliphatic heterocycles. The molecular formula is C46H81N3O7. The summed E-state index contributed by atoms with van der Waals surface area (Å²) in [6.45, 7) is 9.83. The molecule has 0 saturated carbocycles. The summed E-state index contributed by atoms with van der Waals surface area (Å²) in [7, 11) is 5.89. The molecule has 0 amide bonds. The van der Waals surface area contributed by atoms with Gasteiger partial charge in [0.15, 0.2) is 23.1 Å². The van der Waals surface area contributed by atoms with Gasteiger partial charge in [0.05, 0.1) is 0 Å². The zero-order chi connectivity index (χ0) is 42.7. The van der Waals surface area contributed by atoms with E-state index in [2.05, 4.69) is 16.0 Å². The van der Waals surface area contributed by atoms with Crippen molar-refractivity contribution in [2.24, 2.45) is 0 Å². The van der Waals surface area contributed by atoms with E-state index in [9.17, 15) is 28.8 Å². The van der Waals surface area contributed by atoms with E-state index in [1.165, 1.54) is 77.7 Å². The number of hydrogen-bond donors (Lipinski definition) is 4. The summed E-state index contributed by atoms with van der Waals surface area (Å²) in [6, 6.07) is 0. The van der Waals surface area contributed by atoms with Crippen LogP contribution in [-0.2, 0) is 28.8 Å².